The molecule has 2 aromatic carbocycles. The molecule has 2 heteroatoms. The van der Waals surface area contributed by atoms with Crippen molar-refractivity contribution in [3.63, 3.8) is 0 Å². The van der Waals surface area contributed by atoms with Crippen LogP contribution in [-0.2, 0) is 0 Å². The van der Waals surface area contributed by atoms with E-state index in [2.05, 4.69) is 58.6 Å². The molecule has 66 valence electrons. The molecule has 0 aromatic heterocycles. The van der Waals surface area contributed by atoms with Crippen LogP contribution in [0.4, 0.5) is 0 Å². The first-order valence-corrected chi connectivity index (χ1v) is 6.05. The predicted molar refractivity (Wildman–Crippen MR) is 63.4 cm³/mol. The van der Waals surface area contributed by atoms with Crippen molar-refractivity contribution in [1.82, 2.24) is 0 Å². The Hall–Kier alpha value is -0.470. The highest BCUT2D eigenvalue weighted by Gasteiger charge is 1.98. The lowest BCUT2D eigenvalue weighted by molar-refractivity contribution is 1.51. The van der Waals surface area contributed by atoms with E-state index in [0.717, 1.165) is 4.47 Å². The normalized spacial score (nSPS) is 10.6. The van der Waals surface area contributed by atoms with E-state index in [0.29, 0.717) is 0 Å². The number of halogens is 1. The second kappa shape index (κ2) is 3.72. The molecule has 0 saturated carbocycles. The van der Waals surface area contributed by atoms with Gasteiger partial charge in [0.05, 0.1) is 0 Å². The van der Waals surface area contributed by atoms with Gasteiger partial charge in [-0.05, 0) is 35.2 Å². The average Bonchev–Trinajstić information content (AvgIpc) is 2.18. The molecule has 0 atom stereocenters. The highest BCUT2D eigenvalue weighted by atomic mass is 79.9. The number of benzene rings is 2. The van der Waals surface area contributed by atoms with Gasteiger partial charge in [0.15, 0.2) is 0 Å². The van der Waals surface area contributed by atoms with Crippen molar-refractivity contribution in [1.29, 1.82) is 0 Å². The van der Waals surface area contributed by atoms with Crippen LogP contribution in [0.5, 0.6) is 0 Å². The lowest BCUT2D eigenvalue weighted by Crippen LogP contribution is -1.75. The second-order valence-corrected chi connectivity index (χ2v) is 4.56. The van der Waals surface area contributed by atoms with Crippen LogP contribution in [0.25, 0.3) is 10.8 Å². The van der Waals surface area contributed by atoms with E-state index in [1.165, 1.54) is 15.7 Å². The molecular formula is C11H9BrS. The molecule has 2 rings (SSSR count). The van der Waals surface area contributed by atoms with Crippen LogP contribution in [0.15, 0.2) is 45.8 Å². The monoisotopic (exact) mass is 252 g/mol. The molecule has 0 bridgehead atoms. The standard InChI is InChI=1S/C11H9BrS/c1-13-9-5-6-10-8(7-9)3-2-4-11(10)12/h2-7H,1H3. The van der Waals surface area contributed by atoms with Gasteiger partial charge < -0.3 is 0 Å². The predicted octanol–water partition coefficient (Wildman–Crippen LogP) is 4.32. The minimum atomic E-state index is 1.16. The summed E-state index contributed by atoms with van der Waals surface area (Å²) in [6.07, 6.45) is 2.10. The van der Waals surface area contributed by atoms with Crippen molar-refractivity contribution >= 4 is 38.5 Å². The average molecular weight is 253 g/mol. The van der Waals surface area contributed by atoms with Gasteiger partial charge in [-0.1, -0.05) is 34.1 Å². The highest BCUT2D eigenvalue weighted by molar-refractivity contribution is 9.10. The Kier molecular flexibility index (Phi) is 2.61. The fourth-order valence-electron chi connectivity index (χ4n) is 1.35. The van der Waals surface area contributed by atoms with Crippen molar-refractivity contribution in [3.8, 4) is 0 Å². The van der Waals surface area contributed by atoms with E-state index in [1.807, 2.05) is 0 Å². The fourth-order valence-corrected chi connectivity index (χ4v) is 2.31. The molecular weight excluding hydrogens is 244 g/mol. The second-order valence-electron chi connectivity index (χ2n) is 2.83. The summed E-state index contributed by atoms with van der Waals surface area (Å²) in [7, 11) is 0. The number of rotatable bonds is 1. The van der Waals surface area contributed by atoms with E-state index in [1.54, 1.807) is 11.8 Å². The first kappa shape index (κ1) is 9.10. The van der Waals surface area contributed by atoms with Crippen LogP contribution >= 0.6 is 27.7 Å². The molecule has 2 aromatic rings. The molecule has 0 nitrogen and oxygen atoms in total. The van der Waals surface area contributed by atoms with Gasteiger partial charge in [-0.3, -0.25) is 0 Å². The summed E-state index contributed by atoms with van der Waals surface area (Å²) in [6.45, 7) is 0. The zero-order valence-electron chi connectivity index (χ0n) is 7.25. The number of hydrogen-bond acceptors (Lipinski definition) is 1. The van der Waals surface area contributed by atoms with E-state index < -0.39 is 0 Å². The molecule has 0 spiro atoms. The minimum absolute atomic E-state index is 1.16. The van der Waals surface area contributed by atoms with E-state index in [4.69, 9.17) is 0 Å². The first-order valence-electron chi connectivity index (χ1n) is 4.03. The smallest absolute Gasteiger partial charge is 0.0253 e. The maximum atomic E-state index is 3.54. The van der Waals surface area contributed by atoms with Crippen LogP contribution in [0, 0.1) is 0 Å². The Labute approximate surface area is 90.5 Å². The summed E-state index contributed by atoms with van der Waals surface area (Å²) in [4.78, 5) is 1.31. The SMILES string of the molecule is CSc1ccc2c(Br)cccc2c1. The van der Waals surface area contributed by atoms with Crippen molar-refractivity contribution in [2.75, 3.05) is 6.26 Å². The zero-order valence-corrected chi connectivity index (χ0v) is 9.65. The summed E-state index contributed by atoms with van der Waals surface area (Å²) in [5.41, 5.74) is 0. The Bertz CT molecular complexity index is 437. The number of thioether (sulfide) groups is 1. The minimum Gasteiger partial charge on any atom is -0.130 e. The van der Waals surface area contributed by atoms with Crippen LogP contribution < -0.4 is 0 Å². The van der Waals surface area contributed by atoms with Gasteiger partial charge in [0.1, 0.15) is 0 Å². The van der Waals surface area contributed by atoms with E-state index in [9.17, 15) is 0 Å². The molecule has 0 unspecified atom stereocenters. The topological polar surface area (TPSA) is 0 Å². The van der Waals surface area contributed by atoms with Gasteiger partial charge in [-0.15, -0.1) is 11.8 Å². The fraction of sp³-hybridized carbons (Fsp3) is 0.0909. The van der Waals surface area contributed by atoms with Crippen molar-refractivity contribution < 1.29 is 0 Å². The van der Waals surface area contributed by atoms with E-state index in [-0.39, 0.29) is 0 Å². The first-order chi connectivity index (χ1) is 6.31. The quantitative estimate of drug-likeness (QED) is 0.682. The molecule has 0 radical (unpaired) electrons. The Balaban J connectivity index is 2.72. The molecule has 0 heterocycles. The zero-order chi connectivity index (χ0) is 9.26. The number of hydrogen-bond donors (Lipinski definition) is 0. The Morgan fingerprint density at radius 2 is 2.00 bits per heavy atom. The van der Waals surface area contributed by atoms with Crippen molar-refractivity contribution in [2.45, 2.75) is 4.90 Å². The summed E-state index contributed by atoms with van der Waals surface area (Å²) in [6, 6.07) is 12.8. The lowest BCUT2D eigenvalue weighted by atomic mass is 10.1. The summed E-state index contributed by atoms with van der Waals surface area (Å²) < 4.78 is 1.16. The summed E-state index contributed by atoms with van der Waals surface area (Å²) in [5, 5.41) is 2.57. The van der Waals surface area contributed by atoms with Crippen LogP contribution in [0.3, 0.4) is 0 Å². The van der Waals surface area contributed by atoms with Gasteiger partial charge in [0, 0.05) is 9.37 Å². The Morgan fingerprint density at radius 3 is 2.77 bits per heavy atom. The molecule has 0 fully saturated rings. The molecule has 0 aliphatic rings. The summed E-state index contributed by atoms with van der Waals surface area (Å²) in [5.74, 6) is 0. The van der Waals surface area contributed by atoms with Crippen LogP contribution in [0.2, 0.25) is 0 Å². The van der Waals surface area contributed by atoms with Gasteiger partial charge in [0.2, 0.25) is 0 Å². The number of fused-ring (bicyclic) bond motifs is 1. The third kappa shape index (κ3) is 1.74. The maximum absolute atomic E-state index is 3.54. The molecule has 0 amide bonds. The van der Waals surface area contributed by atoms with Crippen LogP contribution in [0.1, 0.15) is 0 Å². The summed E-state index contributed by atoms with van der Waals surface area (Å²) >= 11 is 5.31. The third-order valence-electron chi connectivity index (χ3n) is 2.03. The third-order valence-corrected chi connectivity index (χ3v) is 3.45. The molecule has 0 aliphatic carbocycles. The van der Waals surface area contributed by atoms with Gasteiger partial charge in [0.25, 0.3) is 0 Å². The largest absolute Gasteiger partial charge is 0.130 e. The van der Waals surface area contributed by atoms with E-state index >= 15 is 0 Å². The van der Waals surface area contributed by atoms with Crippen molar-refractivity contribution in [2.24, 2.45) is 0 Å². The van der Waals surface area contributed by atoms with Gasteiger partial charge in [-0.25, -0.2) is 0 Å². The molecule has 13 heavy (non-hydrogen) atoms. The highest BCUT2D eigenvalue weighted by Crippen LogP contribution is 2.27. The molecule has 0 N–H and O–H groups in total. The van der Waals surface area contributed by atoms with Gasteiger partial charge >= 0.3 is 0 Å². The molecule has 0 saturated heterocycles. The Morgan fingerprint density at radius 1 is 1.15 bits per heavy atom. The van der Waals surface area contributed by atoms with Crippen molar-refractivity contribution in [3.05, 3.63) is 40.9 Å². The lowest BCUT2D eigenvalue weighted by Gasteiger charge is -2.02. The molecule has 0 aliphatic heterocycles. The van der Waals surface area contributed by atoms with Crippen LogP contribution in [-0.4, -0.2) is 6.26 Å². The van der Waals surface area contributed by atoms with Gasteiger partial charge in [-0.2, -0.15) is 0 Å². The maximum Gasteiger partial charge on any atom is 0.0253 e.